The van der Waals surface area contributed by atoms with E-state index in [0.29, 0.717) is 6.54 Å². The molecule has 0 saturated carbocycles. The maximum Gasteiger partial charge on any atom is 0.191 e. The fraction of sp³-hybridized carbons (Fsp3) is 0.333. The van der Waals surface area contributed by atoms with Gasteiger partial charge in [0.25, 0.3) is 0 Å². The Labute approximate surface area is 169 Å². The van der Waals surface area contributed by atoms with Gasteiger partial charge < -0.3 is 15.2 Å². The second kappa shape index (κ2) is 9.76. The van der Waals surface area contributed by atoms with Crippen molar-refractivity contribution in [3.05, 3.63) is 52.5 Å². The summed E-state index contributed by atoms with van der Waals surface area (Å²) < 4.78 is 2.24. The number of fused-ring (bicyclic) bond motifs is 1. The first-order valence-electron chi connectivity index (χ1n) is 8.23. The van der Waals surface area contributed by atoms with Gasteiger partial charge in [-0.1, -0.05) is 12.1 Å². The second-order valence-electron chi connectivity index (χ2n) is 5.55. The van der Waals surface area contributed by atoms with Crippen molar-refractivity contribution < 1.29 is 0 Å². The summed E-state index contributed by atoms with van der Waals surface area (Å²) in [6.07, 6.45) is 0. The Morgan fingerprint density at radius 3 is 2.84 bits per heavy atom. The van der Waals surface area contributed by atoms with Gasteiger partial charge in [-0.2, -0.15) is 11.3 Å². The molecule has 0 aliphatic heterocycles. The van der Waals surface area contributed by atoms with Gasteiger partial charge in [-0.15, -0.1) is 24.0 Å². The summed E-state index contributed by atoms with van der Waals surface area (Å²) in [5.41, 5.74) is 3.47. The van der Waals surface area contributed by atoms with Crippen LogP contribution < -0.4 is 10.6 Å². The summed E-state index contributed by atoms with van der Waals surface area (Å²) in [6, 6.07) is 10.4. The molecule has 5 nitrogen and oxygen atoms in total. The van der Waals surface area contributed by atoms with Crippen LogP contribution in [-0.4, -0.2) is 28.6 Å². The zero-order valence-corrected chi connectivity index (χ0v) is 17.7. The third-order valence-corrected chi connectivity index (χ3v) is 4.55. The lowest BCUT2D eigenvalue weighted by Crippen LogP contribution is -2.38. The number of para-hydroxylation sites is 2. The SMILES string of the molecule is CCNC(=NCc1ccsc1)NCCn1c(C)nc2ccccc21.I. The molecule has 0 unspecified atom stereocenters. The average Bonchev–Trinajstić information content (AvgIpc) is 3.20. The number of nitrogens with one attached hydrogen (secondary N) is 2. The van der Waals surface area contributed by atoms with E-state index < -0.39 is 0 Å². The molecule has 0 atom stereocenters. The van der Waals surface area contributed by atoms with Crippen LogP contribution in [0.5, 0.6) is 0 Å². The highest BCUT2D eigenvalue weighted by molar-refractivity contribution is 14.0. The molecule has 2 aromatic heterocycles. The molecule has 0 radical (unpaired) electrons. The molecule has 0 aliphatic rings. The molecule has 2 heterocycles. The van der Waals surface area contributed by atoms with E-state index in [1.54, 1.807) is 11.3 Å². The summed E-state index contributed by atoms with van der Waals surface area (Å²) in [4.78, 5) is 9.24. The van der Waals surface area contributed by atoms with Crippen molar-refractivity contribution in [3.8, 4) is 0 Å². The number of imidazole rings is 1. The molecule has 7 heteroatoms. The molecule has 0 saturated heterocycles. The van der Waals surface area contributed by atoms with Gasteiger partial charge in [0.05, 0.1) is 17.6 Å². The van der Waals surface area contributed by atoms with E-state index in [-0.39, 0.29) is 24.0 Å². The van der Waals surface area contributed by atoms with Crippen LogP contribution in [0.1, 0.15) is 18.3 Å². The Morgan fingerprint density at radius 2 is 2.08 bits per heavy atom. The molecule has 0 amide bonds. The van der Waals surface area contributed by atoms with Gasteiger partial charge in [-0.05, 0) is 48.4 Å². The van der Waals surface area contributed by atoms with Crippen LogP contribution in [0.3, 0.4) is 0 Å². The number of hydrogen-bond acceptors (Lipinski definition) is 3. The minimum atomic E-state index is 0. The van der Waals surface area contributed by atoms with Crippen LogP contribution in [0.2, 0.25) is 0 Å². The average molecular weight is 469 g/mol. The molecule has 2 N–H and O–H groups in total. The number of aromatic nitrogens is 2. The van der Waals surface area contributed by atoms with Crippen molar-refractivity contribution in [2.24, 2.45) is 4.99 Å². The van der Waals surface area contributed by atoms with Gasteiger partial charge in [0, 0.05) is 19.6 Å². The maximum atomic E-state index is 4.64. The summed E-state index contributed by atoms with van der Waals surface area (Å²) in [5, 5.41) is 10.9. The Kier molecular flexibility index (Phi) is 7.70. The highest BCUT2D eigenvalue weighted by Crippen LogP contribution is 2.14. The monoisotopic (exact) mass is 469 g/mol. The van der Waals surface area contributed by atoms with E-state index in [2.05, 4.69) is 74.1 Å². The predicted molar refractivity (Wildman–Crippen MR) is 117 cm³/mol. The Morgan fingerprint density at radius 1 is 1.24 bits per heavy atom. The number of aryl methyl sites for hydroxylation is 1. The normalized spacial score (nSPS) is 11.4. The second-order valence-corrected chi connectivity index (χ2v) is 6.33. The fourth-order valence-corrected chi connectivity index (χ4v) is 3.32. The first-order valence-corrected chi connectivity index (χ1v) is 9.17. The van der Waals surface area contributed by atoms with Crippen LogP contribution >= 0.6 is 35.3 Å². The van der Waals surface area contributed by atoms with Gasteiger partial charge >= 0.3 is 0 Å². The van der Waals surface area contributed by atoms with Crippen molar-refractivity contribution in [3.63, 3.8) is 0 Å². The third-order valence-electron chi connectivity index (χ3n) is 3.82. The molecule has 1 aromatic carbocycles. The molecular formula is C18H24IN5S. The number of guanidine groups is 1. The summed E-state index contributed by atoms with van der Waals surface area (Å²) >= 11 is 1.70. The van der Waals surface area contributed by atoms with Crippen LogP contribution in [0.4, 0.5) is 0 Å². The number of thiophene rings is 1. The van der Waals surface area contributed by atoms with Gasteiger partial charge in [-0.25, -0.2) is 9.98 Å². The molecule has 3 rings (SSSR count). The summed E-state index contributed by atoms with van der Waals surface area (Å²) in [5.74, 6) is 1.89. The third kappa shape index (κ3) is 5.18. The van der Waals surface area contributed by atoms with Crippen molar-refractivity contribution in [2.45, 2.75) is 26.9 Å². The largest absolute Gasteiger partial charge is 0.357 e. The standard InChI is InChI=1S/C18H23N5S.HI/c1-3-19-18(21-12-15-8-11-24-13-15)20-9-10-23-14(2)22-16-6-4-5-7-17(16)23;/h4-8,11,13H,3,9-10,12H2,1-2H3,(H2,19,20,21);1H. The molecule has 0 spiro atoms. The lowest BCUT2D eigenvalue weighted by Gasteiger charge is -2.12. The van der Waals surface area contributed by atoms with Crippen molar-refractivity contribution in [2.75, 3.05) is 13.1 Å². The molecule has 134 valence electrons. The Balaban J connectivity index is 0.00000225. The highest BCUT2D eigenvalue weighted by atomic mass is 127. The Hall–Kier alpha value is -1.61. The zero-order chi connectivity index (χ0) is 16.8. The molecule has 3 aromatic rings. The van der Waals surface area contributed by atoms with Crippen molar-refractivity contribution in [1.29, 1.82) is 0 Å². The number of rotatable bonds is 6. The number of nitrogens with zero attached hydrogens (tertiary/aromatic N) is 3. The number of benzene rings is 1. The molecule has 0 bridgehead atoms. The van der Waals surface area contributed by atoms with E-state index in [1.807, 2.05) is 6.07 Å². The first-order chi connectivity index (χ1) is 11.8. The lowest BCUT2D eigenvalue weighted by molar-refractivity contribution is 0.660. The van der Waals surface area contributed by atoms with Crippen LogP contribution in [-0.2, 0) is 13.1 Å². The van der Waals surface area contributed by atoms with E-state index in [1.165, 1.54) is 11.1 Å². The van der Waals surface area contributed by atoms with Crippen molar-refractivity contribution in [1.82, 2.24) is 20.2 Å². The minimum Gasteiger partial charge on any atom is -0.357 e. The van der Waals surface area contributed by atoms with Gasteiger partial charge in [0.15, 0.2) is 5.96 Å². The molecule has 25 heavy (non-hydrogen) atoms. The minimum absolute atomic E-state index is 0. The van der Waals surface area contributed by atoms with Crippen LogP contribution in [0.25, 0.3) is 11.0 Å². The zero-order valence-electron chi connectivity index (χ0n) is 14.5. The number of aliphatic imine (C=N–C) groups is 1. The van der Waals surface area contributed by atoms with Gasteiger partial charge in [0.1, 0.15) is 5.82 Å². The molecule has 0 fully saturated rings. The van der Waals surface area contributed by atoms with E-state index >= 15 is 0 Å². The van der Waals surface area contributed by atoms with Crippen LogP contribution in [0.15, 0.2) is 46.1 Å². The van der Waals surface area contributed by atoms with E-state index in [0.717, 1.165) is 36.9 Å². The quantitative estimate of drug-likeness (QED) is 0.328. The topological polar surface area (TPSA) is 54.2 Å². The highest BCUT2D eigenvalue weighted by Gasteiger charge is 2.06. The fourth-order valence-electron chi connectivity index (χ4n) is 2.66. The van der Waals surface area contributed by atoms with Crippen LogP contribution in [0, 0.1) is 6.92 Å². The smallest absolute Gasteiger partial charge is 0.191 e. The molecular weight excluding hydrogens is 445 g/mol. The summed E-state index contributed by atoms with van der Waals surface area (Å²) in [6.45, 7) is 7.34. The Bertz CT molecular complexity index is 810. The van der Waals surface area contributed by atoms with Crippen molar-refractivity contribution >= 4 is 52.3 Å². The molecule has 0 aliphatic carbocycles. The predicted octanol–water partition coefficient (Wildman–Crippen LogP) is 3.78. The van der Waals surface area contributed by atoms with Gasteiger partial charge in [-0.3, -0.25) is 0 Å². The van der Waals surface area contributed by atoms with Gasteiger partial charge in [0.2, 0.25) is 0 Å². The summed E-state index contributed by atoms with van der Waals surface area (Å²) in [7, 11) is 0. The maximum absolute atomic E-state index is 4.64. The number of halogens is 1. The first kappa shape index (κ1) is 19.7. The van der Waals surface area contributed by atoms with E-state index in [4.69, 9.17) is 0 Å². The number of hydrogen-bond donors (Lipinski definition) is 2. The lowest BCUT2D eigenvalue weighted by atomic mass is 10.3. The van der Waals surface area contributed by atoms with E-state index in [9.17, 15) is 0 Å².